The van der Waals surface area contributed by atoms with Gasteiger partial charge in [-0.3, -0.25) is 9.10 Å². The number of nitrogens with zero attached hydrogens (tertiary/aromatic N) is 1. The molecule has 0 fully saturated rings. The molecule has 1 heterocycles. The van der Waals surface area contributed by atoms with Crippen LogP contribution in [0, 0.1) is 5.92 Å². The van der Waals surface area contributed by atoms with Crippen molar-refractivity contribution in [3.05, 3.63) is 77.9 Å². The van der Waals surface area contributed by atoms with Gasteiger partial charge in [0.1, 0.15) is 11.9 Å². The first kappa shape index (κ1) is 28.3. The van der Waals surface area contributed by atoms with Crippen LogP contribution in [0.5, 0.6) is 5.75 Å². The third-order valence-electron chi connectivity index (χ3n) is 6.20. The topological polar surface area (TPSA) is 83.9 Å². The van der Waals surface area contributed by atoms with E-state index in [0.717, 1.165) is 34.6 Å². The summed E-state index contributed by atoms with van der Waals surface area (Å²) in [4.78, 5) is 10.7. The average molecular weight is 574 g/mol. The molecule has 0 aromatic heterocycles. The third kappa shape index (κ3) is 5.97. The summed E-state index contributed by atoms with van der Waals surface area (Å²) in [5.41, 5.74) is -1.91. The van der Waals surface area contributed by atoms with Crippen LogP contribution >= 0.6 is 0 Å². The van der Waals surface area contributed by atoms with Gasteiger partial charge in [-0.25, -0.2) is 8.42 Å². The van der Waals surface area contributed by atoms with Crippen LogP contribution in [0.1, 0.15) is 24.5 Å². The number of fused-ring (bicyclic) bond motifs is 1. The summed E-state index contributed by atoms with van der Waals surface area (Å²) in [6.07, 6.45) is -10.5. The highest BCUT2D eigenvalue weighted by Crippen LogP contribution is 2.42. The highest BCUT2D eigenvalue weighted by molar-refractivity contribution is 7.92. The lowest BCUT2D eigenvalue weighted by molar-refractivity contribution is -0.142. The molecule has 0 spiro atoms. The minimum absolute atomic E-state index is 0.0184. The third-order valence-corrected chi connectivity index (χ3v) is 7.98. The Balaban J connectivity index is 1.83. The Morgan fingerprint density at radius 2 is 1.54 bits per heavy atom. The molecule has 3 aromatic carbocycles. The smallest absolute Gasteiger partial charge is 0.416 e. The molecule has 39 heavy (non-hydrogen) atoms. The van der Waals surface area contributed by atoms with Gasteiger partial charge in [-0.15, -0.1) is 0 Å². The minimum atomic E-state index is -4.81. The fraction of sp³-hybridized carbons (Fsp3) is 0.269. The monoisotopic (exact) mass is 573 g/mol. The molecule has 0 amide bonds. The number of halogens is 6. The van der Waals surface area contributed by atoms with E-state index in [1.165, 1.54) is 37.3 Å². The van der Waals surface area contributed by atoms with Crippen LogP contribution in [0.4, 0.5) is 32.0 Å². The van der Waals surface area contributed by atoms with Gasteiger partial charge in [0.15, 0.2) is 0 Å². The van der Waals surface area contributed by atoms with Gasteiger partial charge < -0.3 is 9.84 Å². The van der Waals surface area contributed by atoms with E-state index < -0.39 is 62.9 Å². The molecule has 4 rings (SSSR count). The second kappa shape index (κ2) is 10.1. The molecule has 13 heteroatoms. The summed E-state index contributed by atoms with van der Waals surface area (Å²) < 4.78 is 114. The van der Waals surface area contributed by atoms with E-state index in [-0.39, 0.29) is 29.0 Å². The maximum Gasteiger partial charge on any atom is 0.416 e. The fourth-order valence-corrected chi connectivity index (χ4v) is 5.72. The van der Waals surface area contributed by atoms with Crippen LogP contribution in [0.2, 0.25) is 0 Å². The van der Waals surface area contributed by atoms with Crippen LogP contribution < -0.4 is 9.04 Å². The summed E-state index contributed by atoms with van der Waals surface area (Å²) in [6, 6.07) is 11.5. The van der Waals surface area contributed by atoms with E-state index in [4.69, 9.17) is 4.74 Å². The number of ether oxygens (including phenoxy) is 1. The zero-order valence-electron chi connectivity index (χ0n) is 20.1. The highest BCUT2D eigenvalue weighted by Gasteiger charge is 2.38. The normalized spacial score (nSPS) is 16.8. The molecule has 0 saturated carbocycles. The molecular weight excluding hydrogens is 552 g/mol. The number of carboxylic acid groups (broad SMARTS) is 1. The molecule has 6 nitrogen and oxygen atoms in total. The Labute approximate surface area is 219 Å². The van der Waals surface area contributed by atoms with Gasteiger partial charge in [-0.2, -0.15) is 26.3 Å². The molecular formula is C26H21F6NO5S. The van der Waals surface area contributed by atoms with E-state index in [1.807, 2.05) is 0 Å². The van der Waals surface area contributed by atoms with Gasteiger partial charge in [0.05, 0.1) is 34.2 Å². The van der Waals surface area contributed by atoms with Crippen molar-refractivity contribution < 1.29 is 49.4 Å². The molecule has 1 N–H and O–H groups in total. The summed E-state index contributed by atoms with van der Waals surface area (Å²) in [5, 5.41) is 9.29. The zero-order chi connectivity index (χ0) is 28.8. The lowest BCUT2D eigenvalue weighted by Crippen LogP contribution is -2.44. The number of benzene rings is 3. The van der Waals surface area contributed by atoms with Crippen LogP contribution in [0.25, 0.3) is 11.1 Å². The predicted octanol–water partition coefficient (Wildman–Crippen LogP) is 6.46. The maximum atomic E-state index is 13.7. The molecule has 2 atom stereocenters. The molecule has 0 saturated heterocycles. The molecule has 0 aliphatic carbocycles. The van der Waals surface area contributed by atoms with E-state index in [9.17, 15) is 44.7 Å². The van der Waals surface area contributed by atoms with E-state index >= 15 is 0 Å². The van der Waals surface area contributed by atoms with Gasteiger partial charge in [0, 0.05) is 0 Å². The lowest BCUT2D eigenvalue weighted by Gasteiger charge is -2.36. The van der Waals surface area contributed by atoms with Crippen molar-refractivity contribution in [1.29, 1.82) is 0 Å². The van der Waals surface area contributed by atoms with Crippen molar-refractivity contribution in [3.63, 3.8) is 0 Å². The van der Waals surface area contributed by atoms with Crippen molar-refractivity contribution in [3.8, 4) is 16.9 Å². The van der Waals surface area contributed by atoms with Crippen LogP contribution in [-0.2, 0) is 27.2 Å². The summed E-state index contributed by atoms with van der Waals surface area (Å²) in [7, 11) is -4.65. The Morgan fingerprint density at radius 3 is 2.15 bits per heavy atom. The van der Waals surface area contributed by atoms with E-state index in [0.29, 0.717) is 6.07 Å². The highest BCUT2D eigenvalue weighted by atomic mass is 32.2. The Hall–Kier alpha value is -3.74. The summed E-state index contributed by atoms with van der Waals surface area (Å²) in [6.45, 7) is 0.957. The van der Waals surface area contributed by atoms with Gasteiger partial charge in [0.2, 0.25) is 0 Å². The number of hydrogen-bond donors (Lipinski definition) is 1. The SMILES string of the molecule is C[C@@H](C[C@H]1CN(S(=O)(=O)c2cccc(C(F)(F)F)c2)c2cc(-c3cccc(C(F)(F)F)c3)ccc2O1)C(=O)O. The molecule has 0 radical (unpaired) electrons. The first-order valence-corrected chi connectivity index (χ1v) is 12.9. The minimum Gasteiger partial charge on any atom is -0.486 e. The Morgan fingerprint density at radius 1 is 0.949 bits per heavy atom. The molecule has 0 unspecified atom stereocenters. The zero-order valence-corrected chi connectivity index (χ0v) is 20.9. The van der Waals surface area contributed by atoms with E-state index in [2.05, 4.69) is 0 Å². The lowest BCUT2D eigenvalue weighted by atomic mass is 10.00. The number of anilines is 1. The number of alkyl halides is 6. The summed E-state index contributed by atoms with van der Waals surface area (Å²) >= 11 is 0. The quantitative estimate of drug-likeness (QED) is 0.343. The number of rotatable bonds is 6. The Kier molecular flexibility index (Phi) is 7.32. The van der Waals surface area contributed by atoms with Crippen molar-refractivity contribution >= 4 is 21.7 Å². The second-order valence-corrected chi connectivity index (χ2v) is 10.9. The van der Waals surface area contributed by atoms with Crippen LogP contribution in [0.3, 0.4) is 0 Å². The van der Waals surface area contributed by atoms with Gasteiger partial charge >= 0.3 is 18.3 Å². The largest absolute Gasteiger partial charge is 0.486 e. The van der Waals surface area contributed by atoms with Crippen molar-refractivity contribution in [2.24, 2.45) is 5.92 Å². The average Bonchev–Trinajstić information content (AvgIpc) is 2.87. The van der Waals surface area contributed by atoms with E-state index in [1.54, 1.807) is 0 Å². The molecule has 1 aliphatic heterocycles. The van der Waals surface area contributed by atoms with Crippen LogP contribution in [0.15, 0.2) is 71.6 Å². The number of carbonyl (C=O) groups is 1. The summed E-state index contributed by atoms with van der Waals surface area (Å²) in [5.74, 6) is -2.11. The molecule has 1 aliphatic rings. The first-order chi connectivity index (χ1) is 18.1. The van der Waals surface area contributed by atoms with Gasteiger partial charge in [-0.1, -0.05) is 31.2 Å². The standard InChI is InChI=1S/C26H21F6NO5S/c1-15(24(34)35)10-20-14-33(39(36,37)21-7-3-6-19(13-21)26(30,31)32)22-12-17(8-9-23(22)38-20)16-4-2-5-18(11-16)25(27,28)29/h2-9,11-13,15,20H,10,14H2,1H3,(H,34,35)/t15-,20-/m0/s1. The second-order valence-electron chi connectivity index (χ2n) is 9.04. The number of sulfonamides is 1. The van der Waals surface area contributed by atoms with Crippen LogP contribution in [-0.4, -0.2) is 32.1 Å². The van der Waals surface area contributed by atoms with Crippen molar-refractivity contribution in [2.75, 3.05) is 10.8 Å². The fourth-order valence-electron chi connectivity index (χ4n) is 4.17. The predicted molar refractivity (Wildman–Crippen MR) is 129 cm³/mol. The molecule has 3 aromatic rings. The first-order valence-electron chi connectivity index (χ1n) is 11.5. The van der Waals surface area contributed by atoms with Crippen molar-refractivity contribution in [1.82, 2.24) is 0 Å². The Bertz CT molecular complexity index is 1500. The van der Waals surface area contributed by atoms with Gasteiger partial charge in [-0.05, 0) is 60.0 Å². The van der Waals surface area contributed by atoms with Gasteiger partial charge in [0.25, 0.3) is 10.0 Å². The number of carboxylic acids is 1. The number of hydrogen-bond acceptors (Lipinski definition) is 4. The molecule has 208 valence electrons. The molecule has 0 bridgehead atoms. The maximum absolute atomic E-state index is 13.7. The van der Waals surface area contributed by atoms with Crippen molar-refractivity contribution in [2.45, 2.75) is 36.7 Å². The number of aliphatic carboxylic acids is 1.